The molecule has 0 bridgehead atoms. The van der Waals surface area contributed by atoms with Gasteiger partial charge >= 0.3 is 0 Å². The third-order valence-electron chi connectivity index (χ3n) is 2.30. The maximum atomic E-state index is 8.66. The Labute approximate surface area is 87.3 Å². The van der Waals surface area contributed by atoms with Crippen LogP contribution in [0.2, 0.25) is 5.02 Å². The molecule has 1 aromatic carbocycles. The number of nitriles is 1. The van der Waals surface area contributed by atoms with Crippen LogP contribution in [0.3, 0.4) is 0 Å². The molecule has 0 saturated heterocycles. The average Bonchev–Trinajstić information content (AvgIpc) is 2.44. The second kappa shape index (κ2) is 3.36. The average molecular weight is 205 g/mol. The number of fused-ring (bicyclic) bond motifs is 1. The highest BCUT2D eigenvalue weighted by molar-refractivity contribution is 6.31. The number of nitrogens with zero attached hydrogens (tertiary/aromatic N) is 2. The second-order valence-electron chi connectivity index (χ2n) is 3.26. The van der Waals surface area contributed by atoms with Crippen molar-refractivity contribution in [3.05, 3.63) is 35.0 Å². The van der Waals surface area contributed by atoms with E-state index < -0.39 is 0 Å². The van der Waals surface area contributed by atoms with Gasteiger partial charge in [-0.25, -0.2) is 0 Å². The first-order valence-electron chi connectivity index (χ1n) is 4.33. The van der Waals surface area contributed by atoms with E-state index in [-0.39, 0.29) is 0 Å². The van der Waals surface area contributed by atoms with Crippen LogP contribution in [0.15, 0.2) is 24.4 Å². The molecule has 2 nitrogen and oxygen atoms in total. The van der Waals surface area contributed by atoms with Gasteiger partial charge in [-0.15, -0.1) is 0 Å². The summed E-state index contributed by atoms with van der Waals surface area (Å²) in [6, 6.07) is 7.89. The van der Waals surface area contributed by atoms with Crippen molar-refractivity contribution in [2.24, 2.45) is 7.05 Å². The predicted molar refractivity (Wildman–Crippen MR) is 57.2 cm³/mol. The van der Waals surface area contributed by atoms with Crippen LogP contribution in [0.1, 0.15) is 5.56 Å². The number of aryl methyl sites for hydroxylation is 1. The van der Waals surface area contributed by atoms with E-state index in [0.29, 0.717) is 6.42 Å². The van der Waals surface area contributed by atoms with Gasteiger partial charge in [0.1, 0.15) is 0 Å². The van der Waals surface area contributed by atoms with Crippen LogP contribution in [0.5, 0.6) is 0 Å². The lowest BCUT2D eigenvalue weighted by Crippen LogP contribution is -1.82. The molecule has 0 fully saturated rings. The maximum absolute atomic E-state index is 8.66. The maximum Gasteiger partial charge on any atom is 0.0670 e. The summed E-state index contributed by atoms with van der Waals surface area (Å²) in [5.41, 5.74) is 2.13. The van der Waals surface area contributed by atoms with E-state index in [2.05, 4.69) is 6.07 Å². The van der Waals surface area contributed by atoms with Gasteiger partial charge in [0.15, 0.2) is 0 Å². The molecular weight excluding hydrogens is 196 g/mol. The van der Waals surface area contributed by atoms with Crippen molar-refractivity contribution < 1.29 is 0 Å². The summed E-state index contributed by atoms with van der Waals surface area (Å²) in [7, 11) is 1.96. The Morgan fingerprint density at radius 1 is 1.50 bits per heavy atom. The van der Waals surface area contributed by atoms with Crippen LogP contribution in [-0.2, 0) is 13.5 Å². The Morgan fingerprint density at radius 3 is 3.00 bits per heavy atom. The van der Waals surface area contributed by atoms with E-state index in [1.165, 1.54) is 0 Å². The monoisotopic (exact) mass is 204 g/mol. The SMILES string of the molecule is Cn1cc(CC#N)c2ccc(Cl)cc21. The molecule has 2 aromatic rings. The summed E-state index contributed by atoms with van der Waals surface area (Å²) in [6.07, 6.45) is 2.42. The van der Waals surface area contributed by atoms with E-state index in [9.17, 15) is 0 Å². The van der Waals surface area contributed by atoms with Crippen molar-refractivity contribution in [1.82, 2.24) is 4.57 Å². The highest BCUT2D eigenvalue weighted by Gasteiger charge is 2.05. The van der Waals surface area contributed by atoms with Crippen molar-refractivity contribution >= 4 is 22.5 Å². The zero-order valence-electron chi connectivity index (χ0n) is 7.79. The van der Waals surface area contributed by atoms with E-state index >= 15 is 0 Å². The molecule has 0 spiro atoms. The standard InChI is InChI=1S/C11H9ClN2/c1-14-7-8(4-5-13)10-3-2-9(12)6-11(10)14/h2-3,6-7H,4H2,1H3. The van der Waals surface area contributed by atoms with Crippen molar-refractivity contribution in [1.29, 1.82) is 5.26 Å². The fourth-order valence-electron chi connectivity index (χ4n) is 1.67. The van der Waals surface area contributed by atoms with E-state index in [0.717, 1.165) is 21.5 Å². The first kappa shape index (κ1) is 9.11. The molecule has 0 aliphatic rings. The second-order valence-corrected chi connectivity index (χ2v) is 3.70. The fourth-order valence-corrected chi connectivity index (χ4v) is 1.83. The molecular formula is C11H9ClN2. The van der Waals surface area contributed by atoms with Crippen LogP contribution < -0.4 is 0 Å². The van der Waals surface area contributed by atoms with E-state index in [1.807, 2.05) is 36.0 Å². The number of benzene rings is 1. The van der Waals surface area contributed by atoms with Crippen molar-refractivity contribution in [2.75, 3.05) is 0 Å². The molecule has 3 heteroatoms. The molecule has 0 atom stereocenters. The topological polar surface area (TPSA) is 28.7 Å². The van der Waals surface area contributed by atoms with E-state index in [4.69, 9.17) is 16.9 Å². The largest absolute Gasteiger partial charge is 0.350 e. The Kier molecular flexibility index (Phi) is 2.18. The summed E-state index contributed by atoms with van der Waals surface area (Å²) in [6.45, 7) is 0. The van der Waals surface area contributed by atoms with Gasteiger partial charge in [0.2, 0.25) is 0 Å². The smallest absolute Gasteiger partial charge is 0.0670 e. The Hall–Kier alpha value is -1.46. The quantitative estimate of drug-likeness (QED) is 0.702. The van der Waals surface area contributed by atoms with Crippen LogP contribution >= 0.6 is 11.6 Å². The minimum atomic E-state index is 0.443. The van der Waals surface area contributed by atoms with Gasteiger partial charge in [0, 0.05) is 29.2 Å². The van der Waals surface area contributed by atoms with Crippen molar-refractivity contribution in [3.8, 4) is 6.07 Å². The van der Waals surface area contributed by atoms with Gasteiger partial charge in [0.25, 0.3) is 0 Å². The Bertz CT molecular complexity index is 520. The number of hydrogen-bond donors (Lipinski definition) is 0. The minimum absolute atomic E-state index is 0.443. The summed E-state index contributed by atoms with van der Waals surface area (Å²) < 4.78 is 1.99. The number of hydrogen-bond acceptors (Lipinski definition) is 1. The molecule has 0 amide bonds. The first-order chi connectivity index (χ1) is 6.72. The lowest BCUT2D eigenvalue weighted by Gasteiger charge is -1.95. The van der Waals surface area contributed by atoms with Gasteiger partial charge in [-0.3, -0.25) is 0 Å². The van der Waals surface area contributed by atoms with Gasteiger partial charge in [-0.1, -0.05) is 17.7 Å². The highest BCUT2D eigenvalue weighted by Crippen LogP contribution is 2.24. The summed E-state index contributed by atoms with van der Waals surface area (Å²) >= 11 is 5.90. The van der Waals surface area contributed by atoms with Crippen LogP contribution in [0.4, 0.5) is 0 Å². The number of rotatable bonds is 1. The van der Waals surface area contributed by atoms with Crippen LogP contribution in [-0.4, -0.2) is 4.57 Å². The molecule has 2 rings (SSSR count). The van der Waals surface area contributed by atoms with Crippen LogP contribution in [0.25, 0.3) is 10.9 Å². The predicted octanol–water partition coefficient (Wildman–Crippen LogP) is 2.90. The first-order valence-corrected chi connectivity index (χ1v) is 4.70. The third kappa shape index (κ3) is 1.36. The molecule has 0 aliphatic heterocycles. The fraction of sp³-hybridized carbons (Fsp3) is 0.182. The normalized spacial score (nSPS) is 10.4. The van der Waals surface area contributed by atoms with E-state index in [1.54, 1.807) is 0 Å². The Balaban J connectivity index is 2.72. The molecule has 1 aromatic heterocycles. The zero-order valence-corrected chi connectivity index (χ0v) is 8.54. The lowest BCUT2D eigenvalue weighted by molar-refractivity contribution is 0.960. The van der Waals surface area contributed by atoms with Gasteiger partial charge < -0.3 is 4.57 Å². The Morgan fingerprint density at radius 2 is 2.29 bits per heavy atom. The molecule has 14 heavy (non-hydrogen) atoms. The summed E-state index contributed by atoms with van der Waals surface area (Å²) in [5, 5.41) is 10.5. The zero-order chi connectivity index (χ0) is 10.1. The summed E-state index contributed by atoms with van der Waals surface area (Å²) in [5.74, 6) is 0. The summed E-state index contributed by atoms with van der Waals surface area (Å²) in [4.78, 5) is 0. The molecule has 0 aliphatic carbocycles. The minimum Gasteiger partial charge on any atom is -0.350 e. The van der Waals surface area contributed by atoms with Gasteiger partial charge in [-0.05, 0) is 17.7 Å². The van der Waals surface area contributed by atoms with Gasteiger partial charge in [-0.2, -0.15) is 5.26 Å². The number of aromatic nitrogens is 1. The lowest BCUT2D eigenvalue weighted by atomic mass is 10.1. The van der Waals surface area contributed by atoms with Gasteiger partial charge in [0.05, 0.1) is 12.5 Å². The number of halogens is 1. The third-order valence-corrected chi connectivity index (χ3v) is 2.54. The molecule has 0 saturated carbocycles. The molecule has 0 N–H and O–H groups in total. The molecule has 70 valence electrons. The highest BCUT2D eigenvalue weighted by atomic mass is 35.5. The molecule has 0 radical (unpaired) electrons. The molecule has 1 heterocycles. The van der Waals surface area contributed by atoms with Crippen molar-refractivity contribution in [3.63, 3.8) is 0 Å². The molecule has 0 unspecified atom stereocenters. The van der Waals surface area contributed by atoms with Crippen LogP contribution in [0, 0.1) is 11.3 Å². The van der Waals surface area contributed by atoms with Crippen molar-refractivity contribution in [2.45, 2.75) is 6.42 Å².